The molecule has 0 spiro atoms. The summed E-state index contributed by atoms with van der Waals surface area (Å²) in [5.74, 6) is -0.744. The molecule has 6 nitrogen and oxygen atoms in total. The summed E-state index contributed by atoms with van der Waals surface area (Å²) in [4.78, 5) is 19.8. The van der Waals surface area contributed by atoms with E-state index in [4.69, 9.17) is 5.73 Å². The summed E-state index contributed by atoms with van der Waals surface area (Å²) in [5.41, 5.74) is 6.19. The van der Waals surface area contributed by atoms with Gasteiger partial charge in [-0.25, -0.2) is 9.37 Å². The first-order chi connectivity index (χ1) is 12.1. The Morgan fingerprint density at radius 1 is 1.40 bits per heavy atom. The number of rotatable bonds is 6. The van der Waals surface area contributed by atoms with Crippen molar-refractivity contribution in [3.63, 3.8) is 0 Å². The highest BCUT2D eigenvalue weighted by Crippen LogP contribution is 2.25. The first-order valence-electron chi connectivity index (χ1n) is 8.17. The van der Waals surface area contributed by atoms with Crippen molar-refractivity contribution in [2.75, 3.05) is 31.1 Å². The Morgan fingerprint density at radius 2 is 2.20 bits per heavy atom. The van der Waals surface area contributed by atoms with E-state index in [-0.39, 0.29) is 24.2 Å². The Labute approximate surface area is 149 Å². The number of halogens is 1. The lowest BCUT2D eigenvalue weighted by atomic mass is 10.1. The predicted octanol–water partition coefficient (Wildman–Crippen LogP) is 1.45. The van der Waals surface area contributed by atoms with Crippen LogP contribution in [0.2, 0.25) is 0 Å². The van der Waals surface area contributed by atoms with Crippen LogP contribution in [0.25, 0.3) is 0 Å². The van der Waals surface area contributed by atoms with Crippen molar-refractivity contribution in [3.8, 4) is 0 Å². The van der Waals surface area contributed by atoms with E-state index >= 15 is 0 Å². The minimum Gasteiger partial charge on any atom is -0.396 e. The van der Waals surface area contributed by atoms with Crippen LogP contribution in [-0.2, 0) is 6.54 Å². The van der Waals surface area contributed by atoms with Gasteiger partial charge in [0.25, 0.3) is 5.91 Å². The number of aromatic nitrogens is 1. The van der Waals surface area contributed by atoms with Crippen molar-refractivity contribution in [1.82, 2.24) is 9.88 Å². The van der Waals surface area contributed by atoms with E-state index in [2.05, 4.69) is 14.8 Å². The molecule has 1 aromatic carbocycles. The largest absolute Gasteiger partial charge is 0.396 e. The highest BCUT2D eigenvalue weighted by Gasteiger charge is 2.28. The van der Waals surface area contributed by atoms with Crippen molar-refractivity contribution >= 4 is 22.4 Å². The zero-order chi connectivity index (χ0) is 17.8. The van der Waals surface area contributed by atoms with E-state index < -0.39 is 5.91 Å². The molecule has 1 fully saturated rings. The summed E-state index contributed by atoms with van der Waals surface area (Å²) in [6.45, 7) is 2.69. The van der Waals surface area contributed by atoms with Gasteiger partial charge in [0, 0.05) is 49.8 Å². The first-order valence-corrected chi connectivity index (χ1v) is 9.05. The van der Waals surface area contributed by atoms with Crippen LogP contribution in [0.1, 0.15) is 22.5 Å². The quantitative estimate of drug-likeness (QED) is 0.811. The van der Waals surface area contributed by atoms with Crippen molar-refractivity contribution in [3.05, 3.63) is 46.7 Å². The zero-order valence-electron chi connectivity index (χ0n) is 13.8. The van der Waals surface area contributed by atoms with Crippen LogP contribution in [-0.4, -0.2) is 53.2 Å². The summed E-state index contributed by atoms with van der Waals surface area (Å²) < 4.78 is 13.9. The third-order valence-corrected chi connectivity index (χ3v) is 5.31. The SMILES string of the molecule is NC(=O)c1csc(N2CCN(Cc3ccccc3F)[C@@H](CCO)C2)n1. The number of carbonyl (C=O) groups excluding carboxylic acids is 1. The van der Waals surface area contributed by atoms with E-state index in [1.165, 1.54) is 17.4 Å². The molecule has 0 bridgehead atoms. The monoisotopic (exact) mass is 364 g/mol. The Kier molecular flexibility index (Phi) is 5.62. The summed E-state index contributed by atoms with van der Waals surface area (Å²) in [5, 5.41) is 11.8. The van der Waals surface area contributed by atoms with Crippen LogP contribution in [0.3, 0.4) is 0 Å². The number of thiazole rings is 1. The molecule has 3 rings (SSSR count). The minimum absolute atomic E-state index is 0.0662. The molecule has 25 heavy (non-hydrogen) atoms. The molecule has 0 saturated carbocycles. The van der Waals surface area contributed by atoms with Crippen LogP contribution in [0.5, 0.6) is 0 Å². The molecule has 1 atom stereocenters. The third-order valence-electron chi connectivity index (χ3n) is 4.41. The lowest BCUT2D eigenvalue weighted by Gasteiger charge is -2.41. The number of hydrogen-bond acceptors (Lipinski definition) is 6. The van der Waals surface area contributed by atoms with Crippen LogP contribution in [0, 0.1) is 5.82 Å². The van der Waals surface area contributed by atoms with E-state index in [9.17, 15) is 14.3 Å². The minimum atomic E-state index is -0.535. The van der Waals surface area contributed by atoms with Crippen molar-refractivity contribution in [1.29, 1.82) is 0 Å². The lowest BCUT2D eigenvalue weighted by Crippen LogP contribution is -2.53. The number of benzene rings is 1. The fourth-order valence-corrected chi connectivity index (χ4v) is 3.92. The summed E-state index contributed by atoms with van der Waals surface area (Å²) >= 11 is 1.39. The van der Waals surface area contributed by atoms with Crippen LogP contribution in [0.15, 0.2) is 29.6 Å². The smallest absolute Gasteiger partial charge is 0.268 e. The molecule has 3 N–H and O–H groups in total. The molecule has 1 aliphatic heterocycles. The molecule has 0 unspecified atom stereocenters. The fourth-order valence-electron chi connectivity index (χ4n) is 3.07. The van der Waals surface area contributed by atoms with E-state index in [0.29, 0.717) is 25.1 Å². The number of aliphatic hydroxyl groups excluding tert-OH is 1. The number of nitrogens with zero attached hydrogens (tertiary/aromatic N) is 3. The second kappa shape index (κ2) is 7.90. The molecule has 0 aliphatic carbocycles. The molecule has 8 heteroatoms. The Balaban J connectivity index is 1.71. The van der Waals surface area contributed by atoms with Gasteiger partial charge in [0.2, 0.25) is 0 Å². The average Bonchev–Trinajstić information content (AvgIpc) is 3.09. The van der Waals surface area contributed by atoms with E-state index in [0.717, 1.165) is 18.2 Å². The van der Waals surface area contributed by atoms with Gasteiger partial charge in [-0.1, -0.05) is 18.2 Å². The number of piperazine rings is 1. The molecular formula is C17H21FN4O2S. The molecular weight excluding hydrogens is 343 g/mol. The summed E-state index contributed by atoms with van der Waals surface area (Å²) in [7, 11) is 0. The number of anilines is 1. The maximum atomic E-state index is 13.9. The molecule has 2 aromatic rings. The highest BCUT2D eigenvalue weighted by molar-refractivity contribution is 7.13. The molecule has 0 radical (unpaired) electrons. The van der Waals surface area contributed by atoms with Gasteiger partial charge < -0.3 is 15.7 Å². The Morgan fingerprint density at radius 3 is 2.88 bits per heavy atom. The summed E-state index contributed by atoms with van der Waals surface area (Å²) in [6, 6.07) is 6.85. The highest BCUT2D eigenvalue weighted by atomic mass is 32.1. The van der Waals surface area contributed by atoms with Gasteiger partial charge in [0.05, 0.1) is 0 Å². The van der Waals surface area contributed by atoms with Gasteiger partial charge in [-0.15, -0.1) is 11.3 Å². The van der Waals surface area contributed by atoms with Gasteiger partial charge in [-0.3, -0.25) is 9.69 Å². The van der Waals surface area contributed by atoms with Gasteiger partial charge >= 0.3 is 0 Å². The zero-order valence-corrected chi connectivity index (χ0v) is 14.6. The average molecular weight is 364 g/mol. The van der Waals surface area contributed by atoms with Crippen LogP contribution < -0.4 is 10.6 Å². The van der Waals surface area contributed by atoms with Gasteiger partial charge in [-0.2, -0.15) is 0 Å². The van der Waals surface area contributed by atoms with Crippen molar-refractivity contribution in [2.24, 2.45) is 5.73 Å². The maximum Gasteiger partial charge on any atom is 0.268 e. The van der Waals surface area contributed by atoms with Gasteiger partial charge in [-0.05, 0) is 12.5 Å². The van der Waals surface area contributed by atoms with Gasteiger partial charge in [0.1, 0.15) is 11.5 Å². The Bertz CT molecular complexity index is 739. The number of aliphatic hydroxyl groups is 1. The lowest BCUT2D eigenvalue weighted by molar-refractivity contribution is 0.0996. The molecule has 1 aliphatic rings. The third kappa shape index (κ3) is 4.15. The Hall–Kier alpha value is -2.03. The summed E-state index contributed by atoms with van der Waals surface area (Å²) in [6.07, 6.45) is 0.596. The number of primary amides is 1. The van der Waals surface area contributed by atoms with E-state index in [1.54, 1.807) is 17.5 Å². The number of carbonyl (C=O) groups is 1. The molecule has 134 valence electrons. The van der Waals surface area contributed by atoms with Crippen LogP contribution >= 0.6 is 11.3 Å². The molecule has 2 heterocycles. The number of amides is 1. The first kappa shape index (κ1) is 17.8. The second-order valence-corrected chi connectivity index (χ2v) is 6.89. The van der Waals surface area contributed by atoms with Crippen molar-refractivity contribution in [2.45, 2.75) is 19.0 Å². The molecule has 1 amide bonds. The maximum absolute atomic E-state index is 13.9. The number of hydrogen-bond donors (Lipinski definition) is 2. The predicted molar refractivity (Wildman–Crippen MR) is 95.1 cm³/mol. The topological polar surface area (TPSA) is 82.7 Å². The van der Waals surface area contributed by atoms with E-state index in [1.807, 2.05) is 6.07 Å². The van der Waals surface area contributed by atoms with Crippen LogP contribution in [0.4, 0.5) is 9.52 Å². The van der Waals surface area contributed by atoms with Gasteiger partial charge in [0.15, 0.2) is 5.13 Å². The van der Waals surface area contributed by atoms with Crippen molar-refractivity contribution < 1.29 is 14.3 Å². The number of nitrogens with two attached hydrogens (primary N) is 1. The second-order valence-electron chi connectivity index (χ2n) is 6.05. The standard InChI is InChI=1S/C17H21FN4O2S/c18-14-4-2-1-3-12(14)9-21-6-7-22(10-13(21)5-8-23)17-20-15(11-25-17)16(19)24/h1-4,11,13,23H,5-10H2,(H2,19,24)/t13-/m0/s1. The molecule has 1 saturated heterocycles. The fraction of sp³-hybridized carbons (Fsp3) is 0.412. The molecule has 1 aromatic heterocycles. The normalized spacial score (nSPS) is 18.5.